The molecule has 0 bridgehead atoms. The SMILES string of the molecule is Cc1cccc([O][Ti])c1. The van der Waals surface area contributed by atoms with Crippen LogP contribution in [-0.2, 0) is 20.8 Å². The van der Waals surface area contributed by atoms with Crippen LogP contribution in [0.4, 0.5) is 0 Å². The summed E-state index contributed by atoms with van der Waals surface area (Å²) in [5.74, 6) is 0.926. The van der Waals surface area contributed by atoms with Gasteiger partial charge in [-0.05, 0) is 0 Å². The van der Waals surface area contributed by atoms with Crippen LogP contribution in [0.1, 0.15) is 5.56 Å². The molecule has 0 aromatic heterocycles. The van der Waals surface area contributed by atoms with Gasteiger partial charge in [-0.3, -0.25) is 0 Å². The Labute approximate surface area is 66.9 Å². The fraction of sp³-hybridized carbons (Fsp3) is 0.143. The van der Waals surface area contributed by atoms with Crippen LogP contribution in [0.15, 0.2) is 24.3 Å². The van der Waals surface area contributed by atoms with E-state index in [1.807, 2.05) is 31.2 Å². The average Bonchev–Trinajstić information content (AvgIpc) is 1.88. The van der Waals surface area contributed by atoms with E-state index in [0.29, 0.717) is 0 Å². The van der Waals surface area contributed by atoms with Gasteiger partial charge in [-0.2, -0.15) is 0 Å². The first-order valence-electron chi connectivity index (χ1n) is 2.73. The van der Waals surface area contributed by atoms with E-state index in [4.69, 9.17) is 3.32 Å². The average molecular weight is 155 g/mol. The quantitative estimate of drug-likeness (QED) is 0.562. The third-order valence-corrected chi connectivity index (χ3v) is 1.48. The molecule has 1 aromatic rings. The molecule has 0 saturated heterocycles. The molecule has 0 fully saturated rings. The van der Waals surface area contributed by atoms with Gasteiger partial charge in [0.15, 0.2) is 0 Å². The van der Waals surface area contributed by atoms with E-state index in [1.54, 1.807) is 20.8 Å². The molecule has 1 nitrogen and oxygen atoms in total. The Morgan fingerprint density at radius 1 is 1.44 bits per heavy atom. The van der Waals surface area contributed by atoms with Crippen molar-refractivity contribution in [3.63, 3.8) is 0 Å². The summed E-state index contributed by atoms with van der Waals surface area (Å²) in [6.45, 7) is 2.04. The Bertz CT molecular complexity index is 198. The van der Waals surface area contributed by atoms with Crippen molar-refractivity contribution in [2.45, 2.75) is 6.92 Å². The fourth-order valence-electron chi connectivity index (χ4n) is 0.679. The molecule has 0 N–H and O–H groups in total. The van der Waals surface area contributed by atoms with Crippen LogP contribution in [0.2, 0.25) is 0 Å². The summed E-state index contributed by atoms with van der Waals surface area (Å²) >= 11 is 1.68. The van der Waals surface area contributed by atoms with Crippen molar-refractivity contribution < 1.29 is 24.1 Å². The van der Waals surface area contributed by atoms with Crippen LogP contribution in [0.25, 0.3) is 0 Å². The molecular weight excluding hydrogens is 148 g/mol. The van der Waals surface area contributed by atoms with Crippen molar-refractivity contribution >= 4 is 0 Å². The van der Waals surface area contributed by atoms with Gasteiger partial charge in [0.1, 0.15) is 0 Å². The monoisotopic (exact) mass is 155 g/mol. The van der Waals surface area contributed by atoms with Crippen LogP contribution in [-0.4, -0.2) is 0 Å². The van der Waals surface area contributed by atoms with E-state index in [-0.39, 0.29) is 0 Å². The van der Waals surface area contributed by atoms with Gasteiger partial charge in [0.25, 0.3) is 0 Å². The summed E-state index contributed by atoms with van der Waals surface area (Å²) in [7, 11) is 0. The predicted molar refractivity (Wildman–Crippen MR) is 31.8 cm³/mol. The van der Waals surface area contributed by atoms with Gasteiger partial charge in [-0.1, -0.05) is 0 Å². The van der Waals surface area contributed by atoms with Crippen LogP contribution < -0.4 is 3.32 Å². The molecule has 0 atom stereocenters. The molecule has 0 radical (unpaired) electrons. The summed E-state index contributed by atoms with van der Waals surface area (Å²) in [4.78, 5) is 0. The van der Waals surface area contributed by atoms with E-state index < -0.39 is 0 Å². The minimum atomic E-state index is 0.926. The maximum absolute atomic E-state index is 5.00. The van der Waals surface area contributed by atoms with Gasteiger partial charge in [-0.15, -0.1) is 0 Å². The first-order valence-corrected chi connectivity index (χ1v) is 3.37. The van der Waals surface area contributed by atoms with E-state index in [0.717, 1.165) is 5.75 Å². The van der Waals surface area contributed by atoms with Crippen molar-refractivity contribution in [2.24, 2.45) is 0 Å². The Hall–Kier alpha value is -0.266. The second-order valence-electron chi connectivity index (χ2n) is 1.92. The van der Waals surface area contributed by atoms with Crippen molar-refractivity contribution in [2.75, 3.05) is 0 Å². The zero-order valence-electron chi connectivity index (χ0n) is 5.22. The summed E-state index contributed by atoms with van der Waals surface area (Å²) in [5, 5.41) is 0. The number of rotatable bonds is 1. The second kappa shape index (κ2) is 3.04. The first kappa shape index (κ1) is 6.85. The zero-order valence-corrected chi connectivity index (χ0v) is 6.78. The van der Waals surface area contributed by atoms with Crippen molar-refractivity contribution in [3.05, 3.63) is 29.8 Å². The van der Waals surface area contributed by atoms with Gasteiger partial charge in [0.2, 0.25) is 0 Å². The van der Waals surface area contributed by atoms with Crippen LogP contribution in [0, 0.1) is 6.92 Å². The van der Waals surface area contributed by atoms with Gasteiger partial charge in [0.05, 0.1) is 0 Å². The number of hydrogen-bond acceptors (Lipinski definition) is 1. The summed E-state index contributed by atoms with van der Waals surface area (Å²) in [5.41, 5.74) is 1.23. The molecule has 0 amide bonds. The molecular formula is C7H7OTi. The summed E-state index contributed by atoms with van der Waals surface area (Å²) in [6, 6.07) is 7.96. The van der Waals surface area contributed by atoms with Crippen molar-refractivity contribution in [1.82, 2.24) is 0 Å². The Morgan fingerprint density at radius 3 is 2.67 bits per heavy atom. The van der Waals surface area contributed by atoms with Crippen LogP contribution in [0.5, 0.6) is 5.75 Å². The predicted octanol–water partition coefficient (Wildman–Crippen LogP) is 1.84. The molecule has 1 rings (SSSR count). The maximum atomic E-state index is 5.00. The second-order valence-corrected chi connectivity index (χ2v) is 2.24. The van der Waals surface area contributed by atoms with Crippen LogP contribution in [0.3, 0.4) is 0 Å². The minimum absolute atomic E-state index is 0.926. The zero-order chi connectivity index (χ0) is 6.69. The molecule has 0 spiro atoms. The van der Waals surface area contributed by atoms with E-state index >= 15 is 0 Å². The van der Waals surface area contributed by atoms with E-state index in [1.165, 1.54) is 5.56 Å². The molecule has 2 heteroatoms. The number of aryl methyl sites for hydroxylation is 1. The topological polar surface area (TPSA) is 9.23 Å². The molecule has 0 saturated carbocycles. The molecule has 45 valence electrons. The normalized spacial score (nSPS) is 8.89. The molecule has 0 heterocycles. The number of hydrogen-bond donors (Lipinski definition) is 0. The van der Waals surface area contributed by atoms with Crippen molar-refractivity contribution in [3.8, 4) is 5.75 Å². The molecule has 1 aromatic carbocycles. The Balaban J connectivity index is 2.94. The van der Waals surface area contributed by atoms with Crippen LogP contribution >= 0.6 is 0 Å². The summed E-state index contributed by atoms with van der Waals surface area (Å²) < 4.78 is 5.00. The fourth-order valence-corrected chi connectivity index (χ4v) is 0.877. The van der Waals surface area contributed by atoms with E-state index in [2.05, 4.69) is 0 Å². The Kier molecular flexibility index (Phi) is 2.32. The molecule has 0 aliphatic carbocycles. The third kappa shape index (κ3) is 1.85. The van der Waals surface area contributed by atoms with Gasteiger partial charge in [0, 0.05) is 0 Å². The molecule has 0 aliphatic heterocycles. The van der Waals surface area contributed by atoms with Crippen molar-refractivity contribution in [1.29, 1.82) is 0 Å². The summed E-state index contributed by atoms with van der Waals surface area (Å²) in [6.07, 6.45) is 0. The number of benzene rings is 1. The molecule has 0 unspecified atom stereocenters. The van der Waals surface area contributed by atoms with Gasteiger partial charge in [-0.25, -0.2) is 0 Å². The Morgan fingerprint density at radius 2 is 2.22 bits per heavy atom. The molecule has 9 heavy (non-hydrogen) atoms. The first-order chi connectivity index (χ1) is 4.33. The van der Waals surface area contributed by atoms with Gasteiger partial charge >= 0.3 is 66.6 Å². The molecule has 0 aliphatic rings. The standard InChI is InChI=1S/C7H8O.Ti/c1-6-3-2-4-7(8)5-6;/h2-5,8H,1H3;/q;+1/p-1. The van der Waals surface area contributed by atoms with Gasteiger partial charge < -0.3 is 0 Å². The third-order valence-electron chi connectivity index (χ3n) is 1.11. The van der Waals surface area contributed by atoms with E-state index in [9.17, 15) is 0 Å².